The SMILES string of the molecule is CC(=O)c1ccc(S(=O)(=O)N(Cc2cccnc2)Cc2cc3cc4c(cc3[nH]c2=O)OCCO4)cc1. The highest BCUT2D eigenvalue weighted by Crippen LogP contribution is 2.34. The van der Waals surface area contributed by atoms with Gasteiger partial charge in [-0.2, -0.15) is 4.31 Å². The lowest BCUT2D eigenvalue weighted by molar-refractivity contribution is 0.101. The van der Waals surface area contributed by atoms with Gasteiger partial charge in [0.2, 0.25) is 10.0 Å². The maximum absolute atomic E-state index is 13.7. The number of benzene rings is 2. The minimum atomic E-state index is -4.03. The van der Waals surface area contributed by atoms with Gasteiger partial charge in [-0.25, -0.2) is 8.42 Å². The number of ketones is 1. The van der Waals surface area contributed by atoms with Crippen LogP contribution in [0.4, 0.5) is 0 Å². The van der Waals surface area contributed by atoms with Crippen LogP contribution in [0.15, 0.2) is 76.7 Å². The van der Waals surface area contributed by atoms with Crippen LogP contribution >= 0.6 is 0 Å². The molecule has 0 spiro atoms. The average Bonchev–Trinajstić information content (AvgIpc) is 2.88. The van der Waals surface area contributed by atoms with E-state index in [1.165, 1.54) is 35.5 Å². The van der Waals surface area contributed by atoms with Crippen molar-refractivity contribution >= 4 is 26.7 Å². The van der Waals surface area contributed by atoms with Crippen molar-refractivity contribution in [2.24, 2.45) is 0 Å². The number of hydrogen-bond donors (Lipinski definition) is 1. The third-order valence-corrected chi connectivity index (χ3v) is 7.72. The minimum absolute atomic E-state index is 0.00322. The standard InChI is InChI=1S/C26H23N3O6S/c1-17(30)19-4-6-22(7-5-19)36(32,33)29(15-18-3-2-8-27-14-18)16-21-11-20-12-24-25(35-10-9-34-24)13-23(20)28-26(21)31/h2-8,11-14H,9-10,15-16H2,1H3,(H,28,31). The van der Waals surface area contributed by atoms with E-state index in [1.54, 1.807) is 42.7 Å². The van der Waals surface area contributed by atoms with Gasteiger partial charge in [0.05, 0.1) is 10.4 Å². The number of fused-ring (bicyclic) bond motifs is 2. The van der Waals surface area contributed by atoms with E-state index in [0.29, 0.717) is 46.7 Å². The van der Waals surface area contributed by atoms with Crippen LogP contribution in [0.2, 0.25) is 0 Å². The Morgan fingerprint density at radius 1 is 1.03 bits per heavy atom. The summed E-state index contributed by atoms with van der Waals surface area (Å²) in [7, 11) is -4.03. The third-order valence-electron chi connectivity index (χ3n) is 5.91. The van der Waals surface area contributed by atoms with Crippen molar-refractivity contribution in [1.82, 2.24) is 14.3 Å². The quantitative estimate of drug-likeness (QED) is 0.383. The van der Waals surface area contributed by atoms with E-state index in [9.17, 15) is 18.0 Å². The molecule has 1 N–H and O–H groups in total. The molecule has 10 heteroatoms. The van der Waals surface area contributed by atoms with E-state index >= 15 is 0 Å². The molecule has 9 nitrogen and oxygen atoms in total. The Morgan fingerprint density at radius 3 is 2.42 bits per heavy atom. The number of aromatic amines is 1. The normalized spacial score (nSPS) is 13.2. The zero-order valence-electron chi connectivity index (χ0n) is 19.4. The van der Waals surface area contributed by atoms with Crippen LogP contribution in [0.5, 0.6) is 11.5 Å². The van der Waals surface area contributed by atoms with E-state index in [2.05, 4.69) is 9.97 Å². The summed E-state index contributed by atoms with van der Waals surface area (Å²) in [6.07, 6.45) is 3.18. The Balaban J connectivity index is 1.54. The summed E-state index contributed by atoms with van der Waals surface area (Å²) in [5.74, 6) is 0.953. The second-order valence-corrected chi connectivity index (χ2v) is 10.4. The second kappa shape index (κ2) is 9.56. The Labute approximate surface area is 207 Å². The lowest BCUT2D eigenvalue weighted by Crippen LogP contribution is -2.32. The van der Waals surface area contributed by atoms with Gasteiger partial charge in [-0.05, 0) is 42.8 Å². The summed E-state index contributed by atoms with van der Waals surface area (Å²) in [5, 5.41) is 0.693. The number of sulfonamides is 1. The number of ether oxygens (including phenoxy) is 2. The molecule has 36 heavy (non-hydrogen) atoms. The first-order valence-corrected chi connectivity index (χ1v) is 12.7. The first-order valence-electron chi connectivity index (χ1n) is 11.3. The van der Waals surface area contributed by atoms with Crippen molar-refractivity contribution in [1.29, 1.82) is 0 Å². The molecule has 2 aromatic carbocycles. The van der Waals surface area contributed by atoms with Gasteiger partial charge in [-0.1, -0.05) is 18.2 Å². The summed E-state index contributed by atoms with van der Waals surface area (Å²) in [6.45, 7) is 2.09. The van der Waals surface area contributed by atoms with Crippen molar-refractivity contribution in [2.45, 2.75) is 24.9 Å². The van der Waals surface area contributed by atoms with Crippen molar-refractivity contribution in [3.8, 4) is 11.5 Å². The van der Waals surface area contributed by atoms with Crippen LogP contribution in [0.25, 0.3) is 10.9 Å². The zero-order valence-corrected chi connectivity index (χ0v) is 20.2. The lowest BCUT2D eigenvalue weighted by atomic mass is 10.1. The number of pyridine rings is 2. The second-order valence-electron chi connectivity index (χ2n) is 8.42. The smallest absolute Gasteiger partial charge is 0.252 e. The van der Waals surface area contributed by atoms with Crippen molar-refractivity contribution in [2.75, 3.05) is 13.2 Å². The molecule has 0 amide bonds. The lowest BCUT2D eigenvalue weighted by Gasteiger charge is -2.23. The monoisotopic (exact) mass is 505 g/mol. The molecule has 0 radical (unpaired) electrons. The fourth-order valence-corrected chi connectivity index (χ4v) is 5.43. The highest BCUT2D eigenvalue weighted by Gasteiger charge is 2.26. The Morgan fingerprint density at radius 2 is 1.75 bits per heavy atom. The molecule has 0 unspecified atom stereocenters. The number of rotatable bonds is 7. The molecule has 2 aromatic heterocycles. The van der Waals surface area contributed by atoms with Crippen molar-refractivity contribution in [3.63, 3.8) is 0 Å². The molecule has 0 bridgehead atoms. The van der Waals surface area contributed by atoms with Crippen LogP contribution in [0.1, 0.15) is 28.4 Å². The van der Waals surface area contributed by atoms with Crippen LogP contribution in [0, 0.1) is 0 Å². The number of nitrogens with zero attached hydrogens (tertiary/aromatic N) is 2. The number of Topliss-reactive ketones (excluding diaryl/α,β-unsaturated/α-hetero) is 1. The molecule has 5 rings (SSSR count). The van der Waals surface area contributed by atoms with Gasteiger partial charge in [-0.15, -0.1) is 0 Å². The minimum Gasteiger partial charge on any atom is -0.486 e. The topological polar surface area (TPSA) is 119 Å². The molecule has 1 aliphatic heterocycles. The van der Waals surface area contributed by atoms with Gasteiger partial charge in [0, 0.05) is 48.1 Å². The number of carbonyl (C=O) groups is 1. The molecule has 1 aliphatic rings. The molecular formula is C26H23N3O6S. The molecule has 0 atom stereocenters. The molecule has 3 heterocycles. The van der Waals surface area contributed by atoms with Gasteiger partial charge in [0.1, 0.15) is 13.2 Å². The van der Waals surface area contributed by atoms with Crippen molar-refractivity contribution < 1.29 is 22.7 Å². The molecule has 0 saturated carbocycles. The van der Waals surface area contributed by atoms with Gasteiger partial charge < -0.3 is 14.5 Å². The number of hydrogen-bond acceptors (Lipinski definition) is 7. The van der Waals surface area contributed by atoms with Crippen LogP contribution in [-0.4, -0.2) is 41.7 Å². The van der Waals surface area contributed by atoms with Crippen LogP contribution in [-0.2, 0) is 23.1 Å². The van der Waals surface area contributed by atoms with Gasteiger partial charge >= 0.3 is 0 Å². The summed E-state index contributed by atoms with van der Waals surface area (Å²) in [6, 6.07) is 14.4. The van der Waals surface area contributed by atoms with Gasteiger partial charge in [-0.3, -0.25) is 14.6 Å². The molecule has 4 aromatic rings. The zero-order chi connectivity index (χ0) is 25.3. The van der Waals surface area contributed by atoms with Crippen LogP contribution < -0.4 is 15.0 Å². The van der Waals surface area contributed by atoms with Crippen LogP contribution in [0.3, 0.4) is 0 Å². The van der Waals surface area contributed by atoms with E-state index in [-0.39, 0.29) is 29.3 Å². The number of aromatic nitrogens is 2. The molecule has 184 valence electrons. The van der Waals surface area contributed by atoms with E-state index in [1.807, 2.05) is 0 Å². The molecule has 0 saturated heterocycles. The van der Waals surface area contributed by atoms with Gasteiger partial charge in [0.25, 0.3) is 5.56 Å². The maximum atomic E-state index is 13.7. The third kappa shape index (κ3) is 4.73. The predicted molar refractivity (Wildman–Crippen MR) is 133 cm³/mol. The molecule has 0 fully saturated rings. The number of H-pyrrole nitrogens is 1. The average molecular weight is 506 g/mol. The van der Waals surface area contributed by atoms with E-state index < -0.39 is 15.6 Å². The summed E-state index contributed by atoms with van der Waals surface area (Å²) >= 11 is 0. The predicted octanol–water partition coefficient (Wildman–Crippen LogP) is 3.29. The summed E-state index contributed by atoms with van der Waals surface area (Å²) in [4.78, 5) is 31.5. The number of nitrogens with one attached hydrogen (secondary N) is 1. The largest absolute Gasteiger partial charge is 0.486 e. The fraction of sp³-hybridized carbons (Fsp3) is 0.192. The Kier molecular flexibility index (Phi) is 6.29. The fourth-order valence-electron chi connectivity index (χ4n) is 4.03. The first kappa shape index (κ1) is 23.7. The summed E-state index contributed by atoms with van der Waals surface area (Å²) in [5.41, 5.74) is 1.51. The Bertz CT molecular complexity index is 1600. The number of carbonyl (C=O) groups excluding carboxylic acids is 1. The highest BCUT2D eigenvalue weighted by molar-refractivity contribution is 7.89. The van der Waals surface area contributed by atoms with E-state index in [4.69, 9.17) is 9.47 Å². The van der Waals surface area contributed by atoms with E-state index in [0.717, 1.165) is 0 Å². The highest BCUT2D eigenvalue weighted by atomic mass is 32.2. The van der Waals surface area contributed by atoms with Gasteiger partial charge in [0.15, 0.2) is 17.3 Å². The molecular weight excluding hydrogens is 482 g/mol. The van der Waals surface area contributed by atoms with Crippen molar-refractivity contribution in [3.05, 3.63) is 94.0 Å². The maximum Gasteiger partial charge on any atom is 0.252 e. The molecule has 0 aliphatic carbocycles. The Hall–Kier alpha value is -4.02. The first-order chi connectivity index (χ1) is 17.3. The summed E-state index contributed by atoms with van der Waals surface area (Å²) < 4.78 is 39.8.